The van der Waals surface area contributed by atoms with E-state index in [9.17, 15) is 13.8 Å². The molecule has 0 bridgehead atoms. The van der Waals surface area contributed by atoms with Crippen molar-refractivity contribution in [2.45, 2.75) is 13.0 Å². The monoisotopic (exact) mass is 375 g/mol. The van der Waals surface area contributed by atoms with Crippen molar-refractivity contribution < 1.29 is 23.1 Å². The molecule has 1 saturated heterocycles. The van der Waals surface area contributed by atoms with Gasteiger partial charge in [-0.3, -0.25) is 14.1 Å². The first-order valence-electron chi connectivity index (χ1n) is 7.83. The first-order valence-corrected chi connectivity index (χ1v) is 8.94. The number of aryl methyl sites for hydroxylation is 1. The zero-order valence-electron chi connectivity index (χ0n) is 13.9. The number of ether oxygens (including phenoxy) is 1. The van der Waals surface area contributed by atoms with Crippen molar-refractivity contribution in [2.75, 3.05) is 17.8 Å². The van der Waals surface area contributed by atoms with Crippen LogP contribution in [0.3, 0.4) is 0 Å². The third kappa shape index (κ3) is 4.06. The predicted molar refractivity (Wildman–Crippen MR) is 94.9 cm³/mol. The molecule has 1 atom stereocenters. The van der Waals surface area contributed by atoms with Gasteiger partial charge in [-0.15, -0.1) is 0 Å². The summed E-state index contributed by atoms with van der Waals surface area (Å²) >= 11 is -2.17. The smallest absolute Gasteiger partial charge is 0.357 e. The van der Waals surface area contributed by atoms with Crippen molar-refractivity contribution in [1.82, 2.24) is 9.88 Å². The Hall–Kier alpha value is -2.78. The normalized spacial score (nSPS) is 15.1. The molecule has 1 aromatic heterocycles. The van der Waals surface area contributed by atoms with Gasteiger partial charge in [0.1, 0.15) is 11.8 Å². The van der Waals surface area contributed by atoms with Gasteiger partial charge in [0.15, 0.2) is 0 Å². The Bertz CT molecular complexity index is 853. The number of likely N-dealkylation sites (tertiary alicyclic amines) is 1. The zero-order chi connectivity index (χ0) is 18.7. The Morgan fingerprint density at radius 3 is 2.69 bits per heavy atom. The number of anilines is 1. The van der Waals surface area contributed by atoms with Crippen LogP contribution in [0.5, 0.6) is 0 Å². The van der Waals surface area contributed by atoms with Gasteiger partial charge in [-0.1, -0.05) is 6.07 Å². The number of amides is 1. The van der Waals surface area contributed by atoms with Crippen LogP contribution in [-0.2, 0) is 16.0 Å². The number of hydrogen-bond acceptors (Lipinski definition) is 5. The van der Waals surface area contributed by atoms with E-state index in [1.54, 1.807) is 48.2 Å². The summed E-state index contributed by atoms with van der Waals surface area (Å²) in [6.07, 6.45) is 1.16. The molecule has 0 aliphatic carbocycles. The number of nitrogens with zero attached hydrogens (tertiary/aromatic N) is 2. The number of esters is 1. The Morgan fingerprint density at radius 1 is 1.31 bits per heavy atom. The number of rotatable bonds is 5. The van der Waals surface area contributed by atoms with Crippen molar-refractivity contribution in [1.29, 1.82) is 0 Å². The SMILES string of the molecule is Cc1cc(C(=O)N2CC(OC(=O)c3ccccn3)C2)ccc1NS(=O)O. The fourth-order valence-corrected chi connectivity index (χ4v) is 2.98. The fourth-order valence-electron chi connectivity index (χ4n) is 2.56. The third-order valence-corrected chi connectivity index (χ3v) is 4.35. The lowest BCUT2D eigenvalue weighted by atomic mass is 10.1. The van der Waals surface area contributed by atoms with Gasteiger partial charge in [0.2, 0.25) is 0 Å². The molecule has 0 spiro atoms. The van der Waals surface area contributed by atoms with Crippen LogP contribution >= 0.6 is 0 Å². The Labute approximate surface area is 152 Å². The molecule has 1 fully saturated rings. The van der Waals surface area contributed by atoms with Crippen LogP contribution in [0.25, 0.3) is 0 Å². The van der Waals surface area contributed by atoms with Crippen molar-refractivity contribution in [3.05, 3.63) is 59.4 Å². The molecule has 1 aliphatic rings. The van der Waals surface area contributed by atoms with Crippen molar-refractivity contribution in [3.8, 4) is 0 Å². The highest BCUT2D eigenvalue weighted by Crippen LogP contribution is 2.21. The van der Waals surface area contributed by atoms with E-state index in [2.05, 4.69) is 9.71 Å². The molecule has 2 N–H and O–H groups in total. The lowest BCUT2D eigenvalue weighted by molar-refractivity contribution is -0.0238. The summed E-state index contributed by atoms with van der Waals surface area (Å²) in [5, 5.41) is 0. The van der Waals surface area contributed by atoms with Gasteiger partial charge in [0, 0.05) is 11.8 Å². The van der Waals surface area contributed by atoms with Crippen LogP contribution in [0, 0.1) is 6.92 Å². The molecule has 1 aliphatic heterocycles. The van der Waals surface area contributed by atoms with Gasteiger partial charge in [-0.2, -0.15) is 0 Å². The largest absolute Gasteiger partial charge is 0.454 e. The molecule has 1 unspecified atom stereocenters. The summed E-state index contributed by atoms with van der Waals surface area (Å²) in [6, 6.07) is 9.79. The van der Waals surface area contributed by atoms with E-state index < -0.39 is 17.2 Å². The maximum atomic E-state index is 12.5. The summed E-state index contributed by atoms with van der Waals surface area (Å²) in [6.45, 7) is 2.37. The number of carbonyl (C=O) groups excluding carboxylic acids is 2. The maximum Gasteiger partial charge on any atom is 0.357 e. The topological polar surface area (TPSA) is 109 Å². The summed E-state index contributed by atoms with van der Waals surface area (Å²) < 4.78 is 27.4. The van der Waals surface area contributed by atoms with Crippen LogP contribution < -0.4 is 4.72 Å². The lowest BCUT2D eigenvalue weighted by Gasteiger charge is -2.38. The Kier molecular flexibility index (Phi) is 5.29. The molecule has 1 amide bonds. The van der Waals surface area contributed by atoms with E-state index in [0.717, 1.165) is 0 Å². The van der Waals surface area contributed by atoms with E-state index in [4.69, 9.17) is 9.29 Å². The zero-order valence-corrected chi connectivity index (χ0v) is 14.7. The molecular formula is C17H17N3O5S. The first-order chi connectivity index (χ1) is 12.4. The number of pyridine rings is 1. The molecule has 0 radical (unpaired) electrons. The molecule has 9 heteroatoms. The second kappa shape index (κ2) is 7.63. The van der Waals surface area contributed by atoms with E-state index in [0.29, 0.717) is 29.9 Å². The minimum atomic E-state index is -2.17. The number of hydrogen-bond donors (Lipinski definition) is 2. The molecule has 0 saturated carbocycles. The van der Waals surface area contributed by atoms with E-state index in [1.807, 2.05) is 0 Å². The number of aromatic nitrogens is 1. The average molecular weight is 375 g/mol. The van der Waals surface area contributed by atoms with Crippen LogP contribution in [0.2, 0.25) is 0 Å². The second-order valence-electron chi connectivity index (χ2n) is 5.83. The molecule has 136 valence electrons. The van der Waals surface area contributed by atoms with Crippen LogP contribution in [0.1, 0.15) is 26.4 Å². The maximum absolute atomic E-state index is 12.5. The predicted octanol–water partition coefficient (Wildman–Crippen LogP) is 1.62. The van der Waals surface area contributed by atoms with Gasteiger partial charge in [-0.05, 0) is 42.8 Å². The van der Waals surface area contributed by atoms with Crippen molar-refractivity contribution >= 4 is 28.8 Å². The van der Waals surface area contributed by atoms with Crippen LogP contribution in [-0.4, -0.2) is 49.7 Å². The van der Waals surface area contributed by atoms with Crippen molar-refractivity contribution in [2.24, 2.45) is 0 Å². The molecular weight excluding hydrogens is 358 g/mol. The van der Waals surface area contributed by atoms with Gasteiger partial charge in [-0.25, -0.2) is 14.0 Å². The quantitative estimate of drug-likeness (QED) is 0.607. The van der Waals surface area contributed by atoms with E-state index in [1.165, 1.54) is 6.20 Å². The summed E-state index contributed by atoms with van der Waals surface area (Å²) in [4.78, 5) is 29.9. The highest BCUT2D eigenvalue weighted by atomic mass is 32.2. The molecule has 2 heterocycles. The van der Waals surface area contributed by atoms with Gasteiger partial charge >= 0.3 is 5.97 Å². The second-order valence-corrected chi connectivity index (χ2v) is 6.54. The van der Waals surface area contributed by atoms with E-state index in [-0.39, 0.29) is 17.7 Å². The number of benzene rings is 1. The molecule has 1 aromatic carbocycles. The highest BCUT2D eigenvalue weighted by Gasteiger charge is 2.34. The summed E-state index contributed by atoms with van der Waals surface area (Å²) in [5.41, 5.74) is 1.86. The molecule has 8 nitrogen and oxygen atoms in total. The van der Waals surface area contributed by atoms with Gasteiger partial charge < -0.3 is 9.64 Å². The molecule has 3 rings (SSSR count). The standard InChI is InChI=1S/C17H17N3O5S/c1-11-8-12(5-6-14(11)19-26(23)24)16(21)20-9-13(10-20)25-17(22)15-4-2-3-7-18-15/h2-8,13,19H,9-10H2,1H3,(H,23,24). The fraction of sp³-hybridized carbons (Fsp3) is 0.235. The minimum absolute atomic E-state index is 0.185. The van der Waals surface area contributed by atoms with Gasteiger partial charge in [0.25, 0.3) is 17.2 Å². The number of carbonyl (C=O) groups is 2. The minimum Gasteiger partial charge on any atom is -0.454 e. The first kappa shape index (κ1) is 18.0. The van der Waals surface area contributed by atoms with Crippen LogP contribution in [0.15, 0.2) is 42.6 Å². The van der Waals surface area contributed by atoms with Crippen molar-refractivity contribution in [3.63, 3.8) is 0 Å². The summed E-state index contributed by atoms with van der Waals surface area (Å²) in [5.74, 6) is -0.694. The molecule has 2 aromatic rings. The summed E-state index contributed by atoms with van der Waals surface area (Å²) in [7, 11) is 0. The van der Waals surface area contributed by atoms with E-state index >= 15 is 0 Å². The van der Waals surface area contributed by atoms with Crippen LogP contribution in [0.4, 0.5) is 5.69 Å². The highest BCUT2D eigenvalue weighted by molar-refractivity contribution is 7.80. The number of nitrogens with one attached hydrogen (secondary N) is 1. The third-order valence-electron chi connectivity index (χ3n) is 3.95. The average Bonchev–Trinajstić information content (AvgIpc) is 2.59. The van der Waals surface area contributed by atoms with Gasteiger partial charge in [0.05, 0.1) is 18.8 Å². The lowest BCUT2D eigenvalue weighted by Crippen LogP contribution is -2.55. The Balaban J connectivity index is 1.55. The Morgan fingerprint density at radius 2 is 2.08 bits per heavy atom. The molecule has 26 heavy (non-hydrogen) atoms.